The number of hydrogen-bond donors (Lipinski definition) is 0. The summed E-state index contributed by atoms with van der Waals surface area (Å²) in [6.45, 7) is 2.13. The van der Waals surface area contributed by atoms with Gasteiger partial charge in [-0.15, -0.1) is 0 Å². The topological polar surface area (TPSA) is 23.8 Å². The van der Waals surface area contributed by atoms with Crippen LogP contribution in [0.5, 0.6) is 0 Å². The third kappa shape index (κ3) is 1.51. The fraction of sp³-hybridized carbons (Fsp3) is 0.562. The van der Waals surface area contributed by atoms with Crippen molar-refractivity contribution in [3.8, 4) is 6.07 Å². The predicted octanol–water partition coefficient (Wildman–Crippen LogP) is 4.11. The minimum atomic E-state index is -0.171. The van der Waals surface area contributed by atoms with Gasteiger partial charge in [-0.05, 0) is 49.1 Å². The zero-order chi connectivity index (χ0) is 11.9. The highest BCUT2D eigenvalue weighted by Gasteiger charge is 2.56. The molecule has 2 saturated carbocycles. The molecule has 0 heterocycles. The van der Waals surface area contributed by atoms with Crippen LogP contribution in [-0.2, 0) is 5.41 Å². The number of nitrogens with zero attached hydrogens (tertiary/aromatic N) is 1. The quantitative estimate of drug-likeness (QED) is 0.705. The fourth-order valence-corrected chi connectivity index (χ4v) is 4.15. The molecule has 0 atom stereocenters. The smallest absolute Gasteiger partial charge is 0.0835 e. The van der Waals surface area contributed by atoms with Crippen molar-refractivity contribution >= 4 is 0 Å². The molecule has 2 aliphatic carbocycles. The maximum atomic E-state index is 9.61. The Balaban J connectivity index is 1.92. The Kier molecular flexibility index (Phi) is 2.30. The summed E-state index contributed by atoms with van der Waals surface area (Å²) in [5.41, 5.74) is 2.91. The molecular formula is C16H19N. The van der Waals surface area contributed by atoms with Gasteiger partial charge in [0.25, 0.3) is 0 Å². The predicted molar refractivity (Wildman–Crippen MR) is 68.6 cm³/mol. The molecule has 3 rings (SSSR count). The zero-order valence-electron chi connectivity index (χ0n) is 10.5. The lowest BCUT2D eigenvalue weighted by Gasteiger charge is -2.52. The van der Waals surface area contributed by atoms with E-state index in [0.29, 0.717) is 5.41 Å². The van der Waals surface area contributed by atoms with Crippen LogP contribution in [-0.4, -0.2) is 0 Å². The summed E-state index contributed by atoms with van der Waals surface area (Å²) >= 11 is 0. The fourth-order valence-electron chi connectivity index (χ4n) is 4.15. The Morgan fingerprint density at radius 3 is 2.35 bits per heavy atom. The third-order valence-electron chi connectivity index (χ3n) is 4.89. The van der Waals surface area contributed by atoms with Gasteiger partial charge in [-0.25, -0.2) is 0 Å². The second-order valence-corrected chi connectivity index (χ2v) is 6.07. The first-order valence-corrected chi connectivity index (χ1v) is 6.67. The van der Waals surface area contributed by atoms with Crippen molar-refractivity contribution in [1.82, 2.24) is 0 Å². The molecule has 0 N–H and O–H groups in total. The molecule has 2 fully saturated rings. The van der Waals surface area contributed by atoms with Gasteiger partial charge < -0.3 is 0 Å². The first-order valence-electron chi connectivity index (χ1n) is 6.67. The molecule has 17 heavy (non-hydrogen) atoms. The molecule has 1 spiro atoms. The van der Waals surface area contributed by atoms with Gasteiger partial charge in [0, 0.05) is 0 Å². The van der Waals surface area contributed by atoms with Crippen molar-refractivity contribution in [3.05, 3.63) is 35.4 Å². The molecule has 0 saturated heterocycles. The Hall–Kier alpha value is -1.29. The average molecular weight is 225 g/mol. The van der Waals surface area contributed by atoms with Gasteiger partial charge in [0.05, 0.1) is 11.5 Å². The van der Waals surface area contributed by atoms with E-state index < -0.39 is 0 Å². The number of nitriles is 1. The van der Waals surface area contributed by atoms with Crippen LogP contribution in [0.4, 0.5) is 0 Å². The van der Waals surface area contributed by atoms with Gasteiger partial charge >= 0.3 is 0 Å². The lowest BCUT2D eigenvalue weighted by molar-refractivity contribution is 0.0644. The third-order valence-corrected chi connectivity index (χ3v) is 4.89. The van der Waals surface area contributed by atoms with Crippen LogP contribution >= 0.6 is 0 Å². The summed E-state index contributed by atoms with van der Waals surface area (Å²) < 4.78 is 0. The van der Waals surface area contributed by atoms with Crippen molar-refractivity contribution in [2.24, 2.45) is 5.41 Å². The van der Waals surface area contributed by atoms with E-state index in [1.54, 1.807) is 0 Å². The normalized spacial score (nSPS) is 24.2. The molecule has 88 valence electrons. The number of benzene rings is 1. The maximum absolute atomic E-state index is 9.61. The highest BCUT2D eigenvalue weighted by atomic mass is 14.6. The molecule has 0 bridgehead atoms. The van der Waals surface area contributed by atoms with E-state index in [1.165, 1.54) is 36.8 Å². The first-order chi connectivity index (χ1) is 8.20. The van der Waals surface area contributed by atoms with E-state index in [4.69, 9.17) is 0 Å². The van der Waals surface area contributed by atoms with Crippen molar-refractivity contribution < 1.29 is 0 Å². The second-order valence-electron chi connectivity index (χ2n) is 6.07. The summed E-state index contributed by atoms with van der Waals surface area (Å²) in [6, 6.07) is 11.0. The monoisotopic (exact) mass is 225 g/mol. The van der Waals surface area contributed by atoms with Gasteiger partial charge in [-0.2, -0.15) is 5.26 Å². The summed E-state index contributed by atoms with van der Waals surface area (Å²) in [6.07, 6.45) is 7.64. The van der Waals surface area contributed by atoms with E-state index in [9.17, 15) is 5.26 Å². The van der Waals surface area contributed by atoms with Crippen molar-refractivity contribution in [1.29, 1.82) is 5.26 Å². The van der Waals surface area contributed by atoms with Crippen molar-refractivity contribution in [3.63, 3.8) is 0 Å². The molecule has 1 aromatic carbocycles. The summed E-state index contributed by atoms with van der Waals surface area (Å²) in [5, 5.41) is 9.61. The van der Waals surface area contributed by atoms with Crippen LogP contribution in [0.15, 0.2) is 24.3 Å². The van der Waals surface area contributed by atoms with Crippen LogP contribution in [0.25, 0.3) is 0 Å². The van der Waals surface area contributed by atoms with Gasteiger partial charge in [-0.3, -0.25) is 0 Å². The average Bonchev–Trinajstić information content (AvgIpc) is 2.76. The van der Waals surface area contributed by atoms with Crippen LogP contribution in [0, 0.1) is 23.7 Å². The molecule has 1 nitrogen and oxygen atoms in total. The Morgan fingerprint density at radius 2 is 1.76 bits per heavy atom. The van der Waals surface area contributed by atoms with E-state index in [-0.39, 0.29) is 5.41 Å². The number of rotatable bonds is 1. The number of hydrogen-bond acceptors (Lipinski definition) is 1. The highest BCUT2D eigenvalue weighted by molar-refractivity contribution is 5.42. The van der Waals surface area contributed by atoms with Gasteiger partial charge in [0.15, 0.2) is 0 Å². The van der Waals surface area contributed by atoms with Gasteiger partial charge in [0.1, 0.15) is 0 Å². The van der Waals surface area contributed by atoms with Crippen molar-refractivity contribution in [2.45, 2.75) is 50.9 Å². The Labute approximate surface area is 103 Å². The van der Waals surface area contributed by atoms with Gasteiger partial charge in [-0.1, -0.05) is 37.1 Å². The summed E-state index contributed by atoms with van der Waals surface area (Å²) in [5.74, 6) is 0. The second kappa shape index (κ2) is 3.60. The SMILES string of the molecule is Cc1ccccc1C1(C#N)CC2(CCCC2)C1. The van der Waals surface area contributed by atoms with Gasteiger partial charge in [0.2, 0.25) is 0 Å². The largest absolute Gasteiger partial charge is 0.197 e. The molecular weight excluding hydrogens is 206 g/mol. The van der Waals surface area contributed by atoms with E-state index >= 15 is 0 Å². The molecule has 2 aliphatic rings. The lowest BCUT2D eigenvalue weighted by atomic mass is 9.50. The Morgan fingerprint density at radius 1 is 1.12 bits per heavy atom. The Bertz CT molecular complexity index is 467. The summed E-state index contributed by atoms with van der Waals surface area (Å²) in [4.78, 5) is 0. The molecule has 0 radical (unpaired) electrons. The van der Waals surface area contributed by atoms with Crippen LogP contribution in [0.2, 0.25) is 0 Å². The molecule has 1 heteroatoms. The minimum absolute atomic E-state index is 0.171. The molecule has 0 aromatic heterocycles. The molecule has 1 aromatic rings. The maximum Gasteiger partial charge on any atom is 0.0835 e. The minimum Gasteiger partial charge on any atom is -0.197 e. The first kappa shape index (κ1) is 10.8. The van der Waals surface area contributed by atoms with Crippen LogP contribution < -0.4 is 0 Å². The van der Waals surface area contributed by atoms with E-state index in [0.717, 1.165) is 12.8 Å². The molecule has 0 amide bonds. The zero-order valence-corrected chi connectivity index (χ0v) is 10.5. The highest BCUT2D eigenvalue weighted by Crippen LogP contribution is 2.62. The van der Waals surface area contributed by atoms with E-state index in [2.05, 4.69) is 37.3 Å². The van der Waals surface area contributed by atoms with Crippen LogP contribution in [0.1, 0.15) is 49.7 Å². The van der Waals surface area contributed by atoms with E-state index in [1.807, 2.05) is 0 Å². The standard InChI is InChI=1S/C16H19N/c1-13-6-2-3-7-14(13)16(12-17)10-15(11-16)8-4-5-9-15/h2-3,6-7H,4-5,8-11H2,1H3. The molecule has 0 aliphatic heterocycles. The lowest BCUT2D eigenvalue weighted by Crippen LogP contribution is -2.47. The molecule has 0 unspecified atom stereocenters. The summed E-state index contributed by atoms with van der Waals surface area (Å²) in [7, 11) is 0. The van der Waals surface area contributed by atoms with Crippen molar-refractivity contribution in [2.75, 3.05) is 0 Å². The number of aryl methyl sites for hydroxylation is 1. The van der Waals surface area contributed by atoms with Crippen LogP contribution in [0.3, 0.4) is 0 Å².